The summed E-state index contributed by atoms with van der Waals surface area (Å²) in [6.45, 7) is 1.71. The third-order valence-corrected chi connectivity index (χ3v) is 4.22. The maximum Gasteiger partial charge on any atom is 0.356 e. The van der Waals surface area contributed by atoms with Gasteiger partial charge in [-0.3, -0.25) is 4.68 Å². The van der Waals surface area contributed by atoms with Crippen LogP contribution in [0.4, 0.5) is 0 Å². The second kappa shape index (κ2) is 4.75. The van der Waals surface area contributed by atoms with E-state index in [1.54, 1.807) is 26.1 Å². The van der Waals surface area contributed by atoms with Gasteiger partial charge in [0.25, 0.3) is 0 Å². The zero-order chi connectivity index (χ0) is 15.1. The molecule has 1 aromatic carbocycles. The van der Waals surface area contributed by atoms with Crippen molar-refractivity contribution < 1.29 is 18.3 Å². The van der Waals surface area contributed by atoms with Crippen LogP contribution in [-0.2, 0) is 16.9 Å². The van der Waals surface area contributed by atoms with Gasteiger partial charge in [0.15, 0.2) is 15.5 Å². The summed E-state index contributed by atoms with van der Waals surface area (Å²) in [6.07, 6.45) is 1.14. The number of carboxylic acid groups (broad SMARTS) is 1. The minimum Gasteiger partial charge on any atom is -0.476 e. The van der Waals surface area contributed by atoms with Crippen molar-refractivity contribution in [3.63, 3.8) is 0 Å². The standard InChI is InChI=1S/C13H14N2O4S/c1-8-4-5-9(6-12(8)20(3,18)19)11-7-10(13(16)17)14-15(11)2/h4-7H,1-3H3,(H,16,17). The molecule has 0 atom stereocenters. The van der Waals surface area contributed by atoms with Gasteiger partial charge >= 0.3 is 5.97 Å². The van der Waals surface area contributed by atoms with Crippen LogP contribution < -0.4 is 0 Å². The number of hydrogen-bond donors (Lipinski definition) is 1. The number of carbonyl (C=O) groups is 1. The van der Waals surface area contributed by atoms with Crippen molar-refractivity contribution in [2.45, 2.75) is 11.8 Å². The van der Waals surface area contributed by atoms with Crippen LogP contribution in [-0.4, -0.2) is 35.5 Å². The normalized spacial score (nSPS) is 11.6. The summed E-state index contributed by atoms with van der Waals surface area (Å²) in [7, 11) is -1.72. The van der Waals surface area contributed by atoms with E-state index in [0.717, 1.165) is 6.26 Å². The van der Waals surface area contributed by atoms with Crippen molar-refractivity contribution in [1.29, 1.82) is 0 Å². The molecule has 0 fully saturated rings. The van der Waals surface area contributed by atoms with Crippen molar-refractivity contribution in [3.05, 3.63) is 35.5 Å². The van der Waals surface area contributed by atoms with Crippen LogP contribution in [0, 0.1) is 6.92 Å². The monoisotopic (exact) mass is 294 g/mol. The summed E-state index contributed by atoms with van der Waals surface area (Å²) in [6, 6.07) is 6.39. The van der Waals surface area contributed by atoms with E-state index in [9.17, 15) is 13.2 Å². The molecule has 1 N–H and O–H groups in total. The Hall–Kier alpha value is -2.15. The molecule has 7 heteroatoms. The Morgan fingerprint density at radius 2 is 1.95 bits per heavy atom. The Kier molecular flexibility index (Phi) is 3.39. The lowest BCUT2D eigenvalue weighted by Crippen LogP contribution is -2.01. The molecule has 0 bridgehead atoms. The summed E-state index contributed by atoms with van der Waals surface area (Å²) >= 11 is 0. The Morgan fingerprint density at radius 1 is 1.30 bits per heavy atom. The first kappa shape index (κ1) is 14.3. The first-order valence-corrected chi connectivity index (χ1v) is 7.67. The molecule has 0 aliphatic heterocycles. The fourth-order valence-corrected chi connectivity index (χ4v) is 2.99. The molecule has 0 saturated carbocycles. The summed E-state index contributed by atoms with van der Waals surface area (Å²) in [5, 5.41) is 12.8. The Labute approximate surface area is 116 Å². The smallest absolute Gasteiger partial charge is 0.356 e. The molecule has 2 aromatic rings. The average Bonchev–Trinajstić information content (AvgIpc) is 2.71. The maximum atomic E-state index is 11.7. The zero-order valence-electron chi connectivity index (χ0n) is 11.3. The Morgan fingerprint density at radius 3 is 2.45 bits per heavy atom. The van der Waals surface area contributed by atoms with Gasteiger partial charge in [0.1, 0.15) is 0 Å². The highest BCUT2D eigenvalue weighted by molar-refractivity contribution is 7.90. The van der Waals surface area contributed by atoms with Gasteiger partial charge in [-0.2, -0.15) is 5.10 Å². The number of aromatic nitrogens is 2. The second-order valence-corrected chi connectivity index (χ2v) is 6.58. The van der Waals surface area contributed by atoms with Gasteiger partial charge in [-0.15, -0.1) is 0 Å². The number of carboxylic acids is 1. The van der Waals surface area contributed by atoms with Crippen molar-refractivity contribution in [2.75, 3.05) is 6.26 Å². The summed E-state index contributed by atoms with van der Waals surface area (Å²) in [4.78, 5) is 11.1. The topological polar surface area (TPSA) is 89.3 Å². The maximum absolute atomic E-state index is 11.7. The fraction of sp³-hybridized carbons (Fsp3) is 0.231. The quantitative estimate of drug-likeness (QED) is 0.926. The lowest BCUT2D eigenvalue weighted by Gasteiger charge is -2.07. The highest BCUT2D eigenvalue weighted by atomic mass is 32.2. The first-order chi connectivity index (χ1) is 9.20. The highest BCUT2D eigenvalue weighted by Crippen LogP contribution is 2.25. The number of sulfone groups is 1. The lowest BCUT2D eigenvalue weighted by molar-refractivity contribution is 0.0689. The van der Waals surface area contributed by atoms with Crippen molar-refractivity contribution >= 4 is 15.8 Å². The molecule has 0 aliphatic carbocycles. The van der Waals surface area contributed by atoms with Crippen LogP contribution in [0.5, 0.6) is 0 Å². The highest BCUT2D eigenvalue weighted by Gasteiger charge is 2.16. The van der Waals surface area contributed by atoms with E-state index in [4.69, 9.17) is 5.11 Å². The van der Waals surface area contributed by atoms with Crippen molar-refractivity contribution in [2.24, 2.45) is 7.05 Å². The van der Waals surface area contributed by atoms with Crippen LogP contribution in [0.3, 0.4) is 0 Å². The summed E-state index contributed by atoms with van der Waals surface area (Å²) < 4.78 is 24.9. The third kappa shape index (κ3) is 2.57. The van der Waals surface area contributed by atoms with Gasteiger partial charge in [-0.1, -0.05) is 12.1 Å². The van der Waals surface area contributed by atoms with E-state index in [1.165, 1.54) is 16.8 Å². The molecule has 1 aromatic heterocycles. The average molecular weight is 294 g/mol. The molecule has 0 saturated heterocycles. The largest absolute Gasteiger partial charge is 0.476 e. The molecule has 2 rings (SSSR count). The molecule has 0 radical (unpaired) electrons. The number of benzene rings is 1. The minimum absolute atomic E-state index is 0.0796. The van der Waals surface area contributed by atoms with Crippen LogP contribution in [0.25, 0.3) is 11.3 Å². The first-order valence-electron chi connectivity index (χ1n) is 5.78. The van der Waals surface area contributed by atoms with E-state index in [1.807, 2.05) is 0 Å². The predicted molar refractivity (Wildman–Crippen MR) is 73.5 cm³/mol. The molecule has 0 unspecified atom stereocenters. The molecule has 0 amide bonds. The van der Waals surface area contributed by atoms with Gasteiger partial charge < -0.3 is 5.11 Å². The molecular weight excluding hydrogens is 280 g/mol. The molecule has 0 aliphatic rings. The number of nitrogens with zero attached hydrogens (tertiary/aromatic N) is 2. The van der Waals surface area contributed by atoms with E-state index < -0.39 is 15.8 Å². The fourth-order valence-electron chi connectivity index (χ4n) is 2.00. The van der Waals surface area contributed by atoms with Gasteiger partial charge in [0, 0.05) is 18.9 Å². The van der Waals surface area contributed by atoms with Gasteiger partial charge in [-0.25, -0.2) is 13.2 Å². The molecular formula is C13H14N2O4S. The van der Waals surface area contributed by atoms with E-state index in [2.05, 4.69) is 5.10 Å². The van der Waals surface area contributed by atoms with Crippen molar-refractivity contribution in [3.8, 4) is 11.3 Å². The van der Waals surface area contributed by atoms with Crippen LogP contribution in [0.15, 0.2) is 29.2 Å². The molecule has 1 heterocycles. The van der Waals surface area contributed by atoms with Crippen LogP contribution >= 0.6 is 0 Å². The zero-order valence-corrected chi connectivity index (χ0v) is 12.1. The van der Waals surface area contributed by atoms with Gasteiger partial charge in [0.05, 0.1) is 10.6 Å². The van der Waals surface area contributed by atoms with Crippen molar-refractivity contribution in [1.82, 2.24) is 9.78 Å². The molecule has 106 valence electrons. The Balaban J connectivity index is 2.63. The summed E-state index contributed by atoms with van der Waals surface area (Å²) in [5.41, 5.74) is 1.73. The molecule has 0 spiro atoms. The van der Waals surface area contributed by atoms with E-state index in [0.29, 0.717) is 16.8 Å². The van der Waals surface area contributed by atoms with Crippen LogP contribution in [0.2, 0.25) is 0 Å². The lowest BCUT2D eigenvalue weighted by atomic mass is 10.1. The van der Waals surface area contributed by atoms with Gasteiger partial charge in [-0.05, 0) is 24.6 Å². The van der Waals surface area contributed by atoms with Gasteiger partial charge in [0.2, 0.25) is 0 Å². The molecule has 20 heavy (non-hydrogen) atoms. The predicted octanol–water partition coefficient (Wildman–Crippen LogP) is 1.50. The number of aryl methyl sites for hydroxylation is 2. The number of hydrogen-bond acceptors (Lipinski definition) is 4. The Bertz CT molecular complexity index is 791. The van der Waals surface area contributed by atoms with E-state index >= 15 is 0 Å². The SMILES string of the molecule is Cc1ccc(-c2cc(C(=O)O)nn2C)cc1S(C)(=O)=O. The summed E-state index contributed by atoms with van der Waals surface area (Å²) in [5.74, 6) is -1.12. The van der Waals surface area contributed by atoms with Crippen LogP contribution in [0.1, 0.15) is 16.1 Å². The second-order valence-electron chi connectivity index (χ2n) is 4.60. The third-order valence-electron chi connectivity index (χ3n) is 2.98. The minimum atomic E-state index is -3.33. The number of rotatable bonds is 3. The van der Waals surface area contributed by atoms with E-state index in [-0.39, 0.29) is 10.6 Å². The molecule has 6 nitrogen and oxygen atoms in total. The number of aromatic carboxylic acids is 1.